The standard InChI is InChI=1S/C22H25Cl2N5O/c1-4-5-15-6-8-16(9-7-15)20-26-28-29(27-20)14-22(2,3)21(30)25-13-17-10-11-18(23)12-19(17)24/h6-12H,4-5,13-14H2,1-3H3,(H,25,30). The van der Waals surface area contributed by atoms with Crippen molar-refractivity contribution in [3.8, 4) is 11.4 Å². The van der Waals surface area contributed by atoms with Crippen LogP contribution in [0.2, 0.25) is 10.0 Å². The maximum absolute atomic E-state index is 12.7. The number of carbonyl (C=O) groups is 1. The molecule has 0 atom stereocenters. The zero-order valence-electron chi connectivity index (χ0n) is 17.3. The Morgan fingerprint density at radius 1 is 1.13 bits per heavy atom. The van der Waals surface area contributed by atoms with E-state index in [4.69, 9.17) is 23.2 Å². The molecule has 0 fully saturated rings. The topological polar surface area (TPSA) is 72.7 Å². The Bertz CT molecular complexity index is 1010. The third-order valence-corrected chi connectivity index (χ3v) is 5.40. The number of nitrogens with zero attached hydrogens (tertiary/aromatic N) is 4. The number of hydrogen-bond donors (Lipinski definition) is 1. The van der Waals surface area contributed by atoms with Gasteiger partial charge in [-0.15, -0.1) is 10.2 Å². The number of aryl methyl sites for hydroxylation is 1. The van der Waals surface area contributed by atoms with Crippen LogP contribution in [0.1, 0.15) is 38.3 Å². The Hall–Kier alpha value is -2.44. The van der Waals surface area contributed by atoms with E-state index in [0.29, 0.717) is 29.0 Å². The molecule has 158 valence electrons. The number of amides is 1. The predicted octanol–water partition coefficient (Wildman–Crippen LogP) is 4.94. The van der Waals surface area contributed by atoms with Crippen molar-refractivity contribution in [2.45, 2.75) is 46.7 Å². The molecule has 2 aromatic carbocycles. The fourth-order valence-corrected chi connectivity index (χ4v) is 3.52. The number of aromatic nitrogens is 4. The normalized spacial score (nSPS) is 11.5. The van der Waals surface area contributed by atoms with Crippen LogP contribution >= 0.6 is 23.2 Å². The van der Waals surface area contributed by atoms with Crippen molar-refractivity contribution in [2.24, 2.45) is 5.41 Å². The number of halogens is 2. The molecule has 0 radical (unpaired) electrons. The summed E-state index contributed by atoms with van der Waals surface area (Å²) in [6.45, 7) is 6.46. The van der Waals surface area contributed by atoms with Gasteiger partial charge in [-0.3, -0.25) is 4.79 Å². The van der Waals surface area contributed by atoms with Gasteiger partial charge in [0.1, 0.15) is 0 Å². The predicted molar refractivity (Wildman–Crippen MR) is 119 cm³/mol. The van der Waals surface area contributed by atoms with E-state index in [1.165, 1.54) is 10.4 Å². The van der Waals surface area contributed by atoms with Crippen molar-refractivity contribution in [1.29, 1.82) is 0 Å². The number of nitrogens with one attached hydrogen (secondary N) is 1. The van der Waals surface area contributed by atoms with Gasteiger partial charge in [0.2, 0.25) is 11.7 Å². The minimum atomic E-state index is -0.734. The van der Waals surface area contributed by atoms with Gasteiger partial charge in [0, 0.05) is 22.2 Å². The molecule has 3 aromatic rings. The van der Waals surface area contributed by atoms with Crippen molar-refractivity contribution in [2.75, 3.05) is 0 Å². The summed E-state index contributed by atoms with van der Waals surface area (Å²) in [6, 6.07) is 13.4. The molecule has 6 nitrogen and oxygen atoms in total. The first-order chi connectivity index (χ1) is 14.3. The number of hydrogen-bond acceptors (Lipinski definition) is 4. The van der Waals surface area contributed by atoms with Crippen LogP contribution in [0.15, 0.2) is 42.5 Å². The lowest BCUT2D eigenvalue weighted by Crippen LogP contribution is -2.39. The molecule has 1 amide bonds. The SMILES string of the molecule is CCCc1ccc(-c2nnn(CC(C)(C)C(=O)NCc3ccc(Cl)cc3Cl)n2)cc1. The van der Waals surface area contributed by atoms with E-state index in [1.807, 2.05) is 26.0 Å². The minimum Gasteiger partial charge on any atom is -0.351 e. The van der Waals surface area contributed by atoms with Gasteiger partial charge >= 0.3 is 0 Å². The van der Waals surface area contributed by atoms with Gasteiger partial charge in [0.25, 0.3) is 0 Å². The second kappa shape index (κ2) is 9.58. The molecule has 8 heteroatoms. The molecule has 1 N–H and O–H groups in total. The average Bonchev–Trinajstić information content (AvgIpc) is 3.15. The van der Waals surface area contributed by atoms with Gasteiger partial charge in [-0.2, -0.15) is 4.80 Å². The highest BCUT2D eigenvalue weighted by atomic mass is 35.5. The van der Waals surface area contributed by atoms with Crippen molar-refractivity contribution in [3.63, 3.8) is 0 Å². The van der Waals surface area contributed by atoms with E-state index < -0.39 is 5.41 Å². The summed E-state index contributed by atoms with van der Waals surface area (Å²) < 4.78 is 0. The van der Waals surface area contributed by atoms with Gasteiger partial charge in [-0.05, 0) is 48.7 Å². The Balaban J connectivity index is 1.62. The van der Waals surface area contributed by atoms with E-state index in [9.17, 15) is 4.79 Å². The number of rotatable bonds is 8. The van der Waals surface area contributed by atoms with Gasteiger partial charge in [0.05, 0.1) is 12.0 Å². The maximum Gasteiger partial charge on any atom is 0.227 e. The lowest BCUT2D eigenvalue weighted by Gasteiger charge is -2.22. The highest BCUT2D eigenvalue weighted by Crippen LogP contribution is 2.23. The summed E-state index contributed by atoms with van der Waals surface area (Å²) in [5.74, 6) is 0.415. The second-order valence-electron chi connectivity index (χ2n) is 7.89. The van der Waals surface area contributed by atoms with Crippen LogP contribution in [0.5, 0.6) is 0 Å². The van der Waals surface area contributed by atoms with Crippen LogP contribution < -0.4 is 5.32 Å². The van der Waals surface area contributed by atoms with Crippen molar-refractivity contribution in [3.05, 3.63) is 63.6 Å². The summed E-state index contributed by atoms with van der Waals surface area (Å²) in [5, 5.41) is 16.7. The van der Waals surface area contributed by atoms with E-state index in [1.54, 1.807) is 18.2 Å². The molecular formula is C22H25Cl2N5O. The van der Waals surface area contributed by atoms with Gasteiger partial charge in [-0.25, -0.2) is 0 Å². The van der Waals surface area contributed by atoms with E-state index in [0.717, 1.165) is 24.0 Å². The Morgan fingerprint density at radius 2 is 1.87 bits per heavy atom. The van der Waals surface area contributed by atoms with Gasteiger partial charge in [0.15, 0.2) is 0 Å². The summed E-state index contributed by atoms with van der Waals surface area (Å²) in [7, 11) is 0. The number of carbonyl (C=O) groups excluding carboxylic acids is 1. The molecular weight excluding hydrogens is 421 g/mol. The van der Waals surface area contributed by atoms with Crippen molar-refractivity contribution in [1.82, 2.24) is 25.5 Å². The lowest BCUT2D eigenvalue weighted by atomic mass is 9.92. The smallest absolute Gasteiger partial charge is 0.227 e. The molecule has 0 aliphatic rings. The fourth-order valence-electron chi connectivity index (χ4n) is 3.04. The quantitative estimate of drug-likeness (QED) is 0.532. The molecule has 0 bridgehead atoms. The van der Waals surface area contributed by atoms with E-state index in [-0.39, 0.29) is 5.91 Å². The van der Waals surface area contributed by atoms with Crippen LogP contribution in [0.3, 0.4) is 0 Å². The van der Waals surface area contributed by atoms with E-state index >= 15 is 0 Å². The monoisotopic (exact) mass is 445 g/mol. The molecule has 3 rings (SSSR count). The molecule has 0 unspecified atom stereocenters. The van der Waals surface area contributed by atoms with Crippen molar-refractivity contribution >= 4 is 29.1 Å². The number of benzene rings is 2. The zero-order chi connectivity index (χ0) is 21.7. The second-order valence-corrected chi connectivity index (χ2v) is 8.74. The van der Waals surface area contributed by atoms with Crippen molar-refractivity contribution < 1.29 is 4.79 Å². The molecule has 1 heterocycles. The first kappa shape index (κ1) is 22.2. The minimum absolute atomic E-state index is 0.128. The molecule has 0 spiro atoms. The highest BCUT2D eigenvalue weighted by molar-refractivity contribution is 6.35. The molecule has 0 saturated carbocycles. The molecule has 0 aliphatic heterocycles. The van der Waals surface area contributed by atoms with Gasteiger partial charge in [-0.1, -0.05) is 66.9 Å². The third-order valence-electron chi connectivity index (χ3n) is 4.81. The van der Waals surface area contributed by atoms with Crippen LogP contribution in [0.25, 0.3) is 11.4 Å². The zero-order valence-corrected chi connectivity index (χ0v) is 18.8. The van der Waals surface area contributed by atoms with Crippen LogP contribution in [-0.4, -0.2) is 26.1 Å². The first-order valence-electron chi connectivity index (χ1n) is 9.88. The molecule has 0 aliphatic carbocycles. The number of tetrazole rings is 1. The average molecular weight is 446 g/mol. The maximum atomic E-state index is 12.7. The van der Waals surface area contributed by atoms with Crippen LogP contribution in [0.4, 0.5) is 0 Å². The van der Waals surface area contributed by atoms with Gasteiger partial charge < -0.3 is 5.32 Å². The molecule has 0 saturated heterocycles. The summed E-state index contributed by atoms with van der Waals surface area (Å²) >= 11 is 12.1. The highest BCUT2D eigenvalue weighted by Gasteiger charge is 2.29. The van der Waals surface area contributed by atoms with Crippen LogP contribution in [0, 0.1) is 5.41 Å². The summed E-state index contributed by atoms with van der Waals surface area (Å²) in [5.41, 5.74) is 2.26. The molecule has 1 aromatic heterocycles. The molecule has 30 heavy (non-hydrogen) atoms. The Morgan fingerprint density at radius 3 is 2.53 bits per heavy atom. The summed E-state index contributed by atoms with van der Waals surface area (Å²) in [4.78, 5) is 14.2. The first-order valence-corrected chi connectivity index (χ1v) is 10.6. The fraction of sp³-hybridized carbons (Fsp3) is 0.364. The van der Waals surface area contributed by atoms with Crippen LogP contribution in [-0.2, 0) is 24.3 Å². The third kappa shape index (κ3) is 5.58. The summed E-state index contributed by atoms with van der Waals surface area (Å²) in [6.07, 6.45) is 2.15. The Labute approximate surface area is 186 Å². The largest absolute Gasteiger partial charge is 0.351 e. The Kier molecular flexibility index (Phi) is 7.10. The van der Waals surface area contributed by atoms with E-state index in [2.05, 4.69) is 39.8 Å². The lowest BCUT2D eigenvalue weighted by molar-refractivity contribution is -0.130.